The lowest BCUT2D eigenvalue weighted by molar-refractivity contribution is 0.198. The first-order chi connectivity index (χ1) is 12.8. The third-order valence-electron chi connectivity index (χ3n) is 5.24. The number of nitrogens with zero attached hydrogens (tertiary/aromatic N) is 1. The van der Waals surface area contributed by atoms with Gasteiger partial charge in [0, 0.05) is 26.2 Å². The Bertz CT molecular complexity index is 816. The molecule has 3 aromatic carbocycles. The molecule has 0 radical (unpaired) electrons. The van der Waals surface area contributed by atoms with Crippen LogP contribution in [0.4, 0.5) is 0 Å². The van der Waals surface area contributed by atoms with Crippen molar-refractivity contribution in [2.24, 2.45) is 0 Å². The van der Waals surface area contributed by atoms with Gasteiger partial charge in [-0.2, -0.15) is 0 Å². The van der Waals surface area contributed by atoms with Crippen LogP contribution in [0, 0.1) is 6.92 Å². The van der Waals surface area contributed by atoms with Gasteiger partial charge in [0.1, 0.15) is 0 Å². The van der Waals surface area contributed by atoms with Gasteiger partial charge in [0.25, 0.3) is 0 Å². The fraction of sp³-hybridized carbons (Fsp3) is 0.250. The molecule has 2 heteroatoms. The minimum Gasteiger partial charge on any atom is -0.314 e. The van der Waals surface area contributed by atoms with Crippen molar-refractivity contribution in [3.63, 3.8) is 0 Å². The van der Waals surface area contributed by atoms with Crippen LogP contribution in [0.3, 0.4) is 0 Å². The first-order valence-corrected chi connectivity index (χ1v) is 9.48. The first kappa shape index (κ1) is 17.0. The minimum absolute atomic E-state index is 0.322. The summed E-state index contributed by atoms with van der Waals surface area (Å²) in [5, 5.41) is 3.47. The third kappa shape index (κ3) is 3.72. The number of hydrogen-bond donors (Lipinski definition) is 1. The zero-order chi connectivity index (χ0) is 17.8. The SMILES string of the molecule is Cc1ccc(C(c2ccc(-c3ccccc3)cc2)N2CCNCC2)cc1. The van der Waals surface area contributed by atoms with Crippen LogP contribution in [0.25, 0.3) is 11.1 Å². The molecule has 0 saturated carbocycles. The van der Waals surface area contributed by atoms with Crippen molar-refractivity contribution in [2.75, 3.05) is 26.2 Å². The lowest BCUT2D eigenvalue weighted by Crippen LogP contribution is -2.45. The summed E-state index contributed by atoms with van der Waals surface area (Å²) in [6.07, 6.45) is 0. The molecule has 0 amide bonds. The molecule has 26 heavy (non-hydrogen) atoms. The quantitative estimate of drug-likeness (QED) is 0.742. The first-order valence-electron chi connectivity index (χ1n) is 9.48. The van der Waals surface area contributed by atoms with Crippen molar-refractivity contribution in [1.82, 2.24) is 10.2 Å². The van der Waals surface area contributed by atoms with Crippen LogP contribution in [-0.4, -0.2) is 31.1 Å². The molecule has 1 N–H and O–H groups in total. The van der Waals surface area contributed by atoms with Gasteiger partial charge < -0.3 is 5.32 Å². The molecule has 1 fully saturated rings. The predicted molar refractivity (Wildman–Crippen MR) is 109 cm³/mol. The Kier molecular flexibility index (Phi) is 5.14. The fourth-order valence-electron chi connectivity index (χ4n) is 3.79. The molecule has 1 atom stereocenters. The van der Waals surface area contributed by atoms with Crippen LogP contribution in [0.15, 0.2) is 78.9 Å². The molecule has 132 valence electrons. The number of aryl methyl sites for hydroxylation is 1. The van der Waals surface area contributed by atoms with E-state index in [0.29, 0.717) is 6.04 Å². The normalized spacial score (nSPS) is 16.3. The van der Waals surface area contributed by atoms with E-state index >= 15 is 0 Å². The Morgan fingerprint density at radius 2 is 1.23 bits per heavy atom. The summed E-state index contributed by atoms with van der Waals surface area (Å²) in [6, 6.07) is 29.1. The van der Waals surface area contributed by atoms with Crippen LogP contribution < -0.4 is 5.32 Å². The second kappa shape index (κ2) is 7.86. The zero-order valence-electron chi connectivity index (χ0n) is 15.4. The Labute approximate surface area is 156 Å². The lowest BCUT2D eigenvalue weighted by Gasteiger charge is -2.35. The maximum atomic E-state index is 3.47. The van der Waals surface area contributed by atoms with E-state index in [2.05, 4.69) is 96.0 Å². The predicted octanol–water partition coefficient (Wildman–Crippen LogP) is 4.66. The average molecular weight is 342 g/mol. The molecule has 0 aliphatic carbocycles. The highest BCUT2D eigenvalue weighted by molar-refractivity contribution is 5.63. The largest absolute Gasteiger partial charge is 0.314 e. The fourth-order valence-corrected chi connectivity index (χ4v) is 3.79. The minimum atomic E-state index is 0.322. The van der Waals surface area contributed by atoms with Crippen molar-refractivity contribution in [2.45, 2.75) is 13.0 Å². The Morgan fingerprint density at radius 3 is 1.85 bits per heavy atom. The third-order valence-corrected chi connectivity index (χ3v) is 5.24. The van der Waals surface area contributed by atoms with E-state index in [9.17, 15) is 0 Å². The molecule has 1 aliphatic rings. The average Bonchev–Trinajstić information content (AvgIpc) is 2.72. The molecular weight excluding hydrogens is 316 g/mol. The Morgan fingerprint density at radius 1 is 0.692 bits per heavy atom. The standard InChI is InChI=1S/C24H26N2/c1-19-7-9-22(10-8-19)24(26-17-15-25-16-18-26)23-13-11-21(12-14-23)20-5-3-2-4-6-20/h2-14,24-25H,15-18H2,1H3. The summed E-state index contributed by atoms with van der Waals surface area (Å²) in [6.45, 7) is 6.44. The van der Waals surface area contributed by atoms with Gasteiger partial charge in [-0.3, -0.25) is 4.90 Å². The van der Waals surface area contributed by atoms with Gasteiger partial charge in [0.05, 0.1) is 6.04 Å². The number of rotatable bonds is 4. The second-order valence-electron chi connectivity index (χ2n) is 7.09. The van der Waals surface area contributed by atoms with E-state index in [4.69, 9.17) is 0 Å². The molecule has 0 aromatic heterocycles. The van der Waals surface area contributed by atoms with Crippen LogP contribution in [0.2, 0.25) is 0 Å². The van der Waals surface area contributed by atoms with E-state index < -0.39 is 0 Å². The van der Waals surface area contributed by atoms with Crippen molar-refractivity contribution >= 4 is 0 Å². The molecule has 0 spiro atoms. The number of benzene rings is 3. The second-order valence-corrected chi connectivity index (χ2v) is 7.09. The molecule has 1 saturated heterocycles. The molecule has 1 aliphatic heterocycles. The van der Waals surface area contributed by atoms with Gasteiger partial charge in [0.15, 0.2) is 0 Å². The highest BCUT2D eigenvalue weighted by Crippen LogP contribution is 2.31. The Hall–Kier alpha value is -2.42. The number of piperazine rings is 1. The number of nitrogens with one attached hydrogen (secondary N) is 1. The van der Waals surface area contributed by atoms with E-state index in [-0.39, 0.29) is 0 Å². The van der Waals surface area contributed by atoms with E-state index in [1.54, 1.807) is 0 Å². The van der Waals surface area contributed by atoms with Crippen LogP contribution in [0.5, 0.6) is 0 Å². The van der Waals surface area contributed by atoms with Gasteiger partial charge in [0.2, 0.25) is 0 Å². The van der Waals surface area contributed by atoms with Gasteiger partial charge in [-0.05, 0) is 29.2 Å². The molecule has 1 heterocycles. The Balaban J connectivity index is 1.68. The van der Waals surface area contributed by atoms with Crippen LogP contribution in [0.1, 0.15) is 22.7 Å². The van der Waals surface area contributed by atoms with Crippen LogP contribution in [-0.2, 0) is 0 Å². The summed E-state index contributed by atoms with van der Waals surface area (Å²) in [5.41, 5.74) is 6.61. The van der Waals surface area contributed by atoms with E-state index in [0.717, 1.165) is 26.2 Å². The lowest BCUT2D eigenvalue weighted by atomic mass is 9.94. The van der Waals surface area contributed by atoms with Gasteiger partial charge in [-0.15, -0.1) is 0 Å². The summed E-state index contributed by atoms with van der Waals surface area (Å²) in [7, 11) is 0. The van der Waals surface area contributed by atoms with Crippen molar-refractivity contribution in [1.29, 1.82) is 0 Å². The monoisotopic (exact) mass is 342 g/mol. The maximum Gasteiger partial charge on any atom is 0.0602 e. The topological polar surface area (TPSA) is 15.3 Å². The van der Waals surface area contributed by atoms with Crippen molar-refractivity contribution in [3.8, 4) is 11.1 Å². The van der Waals surface area contributed by atoms with Crippen molar-refractivity contribution in [3.05, 3.63) is 95.6 Å². The summed E-state index contributed by atoms with van der Waals surface area (Å²) in [5.74, 6) is 0. The molecule has 0 bridgehead atoms. The molecule has 1 unspecified atom stereocenters. The molecular formula is C24H26N2. The highest BCUT2D eigenvalue weighted by atomic mass is 15.2. The van der Waals surface area contributed by atoms with Crippen LogP contribution >= 0.6 is 0 Å². The van der Waals surface area contributed by atoms with E-state index in [1.807, 2.05) is 0 Å². The van der Waals surface area contributed by atoms with Gasteiger partial charge in [-0.1, -0.05) is 84.4 Å². The van der Waals surface area contributed by atoms with E-state index in [1.165, 1.54) is 27.8 Å². The summed E-state index contributed by atoms with van der Waals surface area (Å²) < 4.78 is 0. The molecule has 4 rings (SSSR count). The zero-order valence-corrected chi connectivity index (χ0v) is 15.4. The highest BCUT2D eigenvalue weighted by Gasteiger charge is 2.23. The summed E-state index contributed by atoms with van der Waals surface area (Å²) in [4.78, 5) is 2.60. The molecule has 3 aromatic rings. The summed E-state index contributed by atoms with van der Waals surface area (Å²) >= 11 is 0. The molecule has 2 nitrogen and oxygen atoms in total. The van der Waals surface area contributed by atoms with Gasteiger partial charge >= 0.3 is 0 Å². The number of hydrogen-bond acceptors (Lipinski definition) is 2. The smallest absolute Gasteiger partial charge is 0.0602 e. The maximum absolute atomic E-state index is 3.47. The van der Waals surface area contributed by atoms with Crippen molar-refractivity contribution < 1.29 is 0 Å². The van der Waals surface area contributed by atoms with Gasteiger partial charge in [-0.25, -0.2) is 0 Å².